The number of anilines is 1. The van der Waals surface area contributed by atoms with Crippen molar-refractivity contribution in [1.82, 2.24) is 0 Å². The summed E-state index contributed by atoms with van der Waals surface area (Å²) in [7, 11) is 0. The van der Waals surface area contributed by atoms with Crippen LogP contribution in [0.25, 0.3) is 0 Å². The second-order valence-electron chi connectivity index (χ2n) is 5.00. The van der Waals surface area contributed by atoms with Crippen molar-refractivity contribution in [1.29, 1.82) is 0 Å². The fourth-order valence-electron chi connectivity index (χ4n) is 2.17. The van der Waals surface area contributed by atoms with Crippen molar-refractivity contribution < 1.29 is 14.8 Å². The van der Waals surface area contributed by atoms with Crippen LogP contribution in [-0.2, 0) is 4.74 Å². The Balaban J connectivity index is 2.04. The van der Waals surface area contributed by atoms with Crippen LogP contribution in [0.1, 0.15) is 18.4 Å². The molecule has 2 rings (SSSR count). The van der Waals surface area contributed by atoms with Crippen molar-refractivity contribution in [2.75, 3.05) is 25.1 Å². The maximum absolute atomic E-state index is 10.8. The van der Waals surface area contributed by atoms with Crippen molar-refractivity contribution in [2.24, 2.45) is 0 Å². The molecule has 104 valence electrons. The Morgan fingerprint density at radius 2 is 2.11 bits per heavy atom. The summed E-state index contributed by atoms with van der Waals surface area (Å²) >= 11 is 0. The predicted molar refractivity (Wildman–Crippen MR) is 71.3 cm³/mol. The maximum Gasteiger partial charge on any atom is 0.271 e. The minimum atomic E-state index is -0.795. The SMILES string of the molecule is Cc1cc(NCC2(O)CCOCC2)cc([N+](=O)[O-])c1. The van der Waals surface area contributed by atoms with Crippen LogP contribution in [0.5, 0.6) is 0 Å². The highest BCUT2D eigenvalue weighted by Gasteiger charge is 2.29. The van der Waals surface area contributed by atoms with E-state index >= 15 is 0 Å². The molecule has 1 fully saturated rings. The highest BCUT2D eigenvalue weighted by atomic mass is 16.6. The van der Waals surface area contributed by atoms with Crippen LogP contribution in [0.4, 0.5) is 11.4 Å². The lowest BCUT2D eigenvalue weighted by molar-refractivity contribution is -0.384. The average molecular weight is 266 g/mol. The number of hydrogen-bond donors (Lipinski definition) is 2. The normalized spacial score (nSPS) is 18.0. The average Bonchev–Trinajstić information content (AvgIpc) is 2.37. The van der Waals surface area contributed by atoms with E-state index in [2.05, 4.69) is 5.32 Å². The quantitative estimate of drug-likeness (QED) is 0.641. The fraction of sp³-hybridized carbons (Fsp3) is 0.538. The van der Waals surface area contributed by atoms with Gasteiger partial charge in [-0.05, 0) is 18.6 Å². The van der Waals surface area contributed by atoms with Gasteiger partial charge in [0, 0.05) is 50.4 Å². The summed E-state index contributed by atoms with van der Waals surface area (Å²) in [6, 6.07) is 4.83. The van der Waals surface area contributed by atoms with Crippen LogP contribution in [0.2, 0.25) is 0 Å². The molecule has 6 heteroatoms. The topological polar surface area (TPSA) is 84.6 Å². The lowest BCUT2D eigenvalue weighted by Crippen LogP contribution is -2.42. The van der Waals surface area contributed by atoms with Gasteiger partial charge in [-0.1, -0.05) is 0 Å². The fourth-order valence-corrected chi connectivity index (χ4v) is 2.17. The van der Waals surface area contributed by atoms with Crippen LogP contribution in [0.15, 0.2) is 18.2 Å². The van der Waals surface area contributed by atoms with E-state index in [0.29, 0.717) is 38.3 Å². The summed E-state index contributed by atoms with van der Waals surface area (Å²) in [4.78, 5) is 10.4. The number of aryl methyl sites for hydroxylation is 1. The third kappa shape index (κ3) is 3.65. The first-order valence-corrected chi connectivity index (χ1v) is 6.29. The zero-order valence-corrected chi connectivity index (χ0v) is 10.9. The van der Waals surface area contributed by atoms with E-state index in [0.717, 1.165) is 5.56 Å². The Morgan fingerprint density at radius 1 is 1.42 bits per heavy atom. The van der Waals surface area contributed by atoms with Crippen molar-refractivity contribution in [3.63, 3.8) is 0 Å². The molecule has 1 aromatic rings. The second-order valence-corrected chi connectivity index (χ2v) is 5.00. The van der Waals surface area contributed by atoms with Gasteiger partial charge < -0.3 is 15.2 Å². The molecule has 1 saturated heterocycles. The third-order valence-corrected chi connectivity index (χ3v) is 3.32. The van der Waals surface area contributed by atoms with Gasteiger partial charge in [-0.15, -0.1) is 0 Å². The van der Waals surface area contributed by atoms with Crippen LogP contribution in [0, 0.1) is 17.0 Å². The highest BCUT2D eigenvalue weighted by molar-refractivity contribution is 5.54. The van der Waals surface area contributed by atoms with Crippen LogP contribution >= 0.6 is 0 Å². The minimum Gasteiger partial charge on any atom is -0.388 e. The second kappa shape index (κ2) is 5.54. The van der Waals surface area contributed by atoms with Crippen molar-refractivity contribution >= 4 is 11.4 Å². The van der Waals surface area contributed by atoms with Crippen molar-refractivity contribution in [2.45, 2.75) is 25.4 Å². The van der Waals surface area contributed by atoms with Gasteiger partial charge in [-0.3, -0.25) is 10.1 Å². The monoisotopic (exact) mass is 266 g/mol. The molecule has 19 heavy (non-hydrogen) atoms. The molecular formula is C13H18N2O4. The van der Waals surface area contributed by atoms with E-state index in [4.69, 9.17) is 4.74 Å². The van der Waals surface area contributed by atoms with E-state index in [1.807, 2.05) is 6.07 Å². The molecule has 0 saturated carbocycles. The maximum atomic E-state index is 10.8. The lowest BCUT2D eigenvalue weighted by Gasteiger charge is -2.32. The Labute approximate surface area is 111 Å². The van der Waals surface area contributed by atoms with E-state index < -0.39 is 10.5 Å². The van der Waals surface area contributed by atoms with Gasteiger partial charge in [0.15, 0.2) is 0 Å². The third-order valence-electron chi connectivity index (χ3n) is 3.32. The largest absolute Gasteiger partial charge is 0.388 e. The van der Waals surface area contributed by atoms with Gasteiger partial charge >= 0.3 is 0 Å². The van der Waals surface area contributed by atoms with Gasteiger partial charge in [0.1, 0.15) is 0 Å². The summed E-state index contributed by atoms with van der Waals surface area (Å²) in [5, 5.41) is 24.2. The Bertz CT molecular complexity index is 470. The zero-order chi connectivity index (χ0) is 13.9. The molecule has 1 aromatic carbocycles. The van der Waals surface area contributed by atoms with E-state index in [-0.39, 0.29) is 5.69 Å². The molecule has 0 unspecified atom stereocenters. The Morgan fingerprint density at radius 3 is 2.74 bits per heavy atom. The van der Waals surface area contributed by atoms with E-state index in [1.165, 1.54) is 12.1 Å². The first-order valence-electron chi connectivity index (χ1n) is 6.29. The molecule has 1 heterocycles. The summed E-state index contributed by atoms with van der Waals surface area (Å²) in [6.07, 6.45) is 1.15. The van der Waals surface area contributed by atoms with Gasteiger partial charge in [-0.2, -0.15) is 0 Å². The molecule has 2 N–H and O–H groups in total. The van der Waals surface area contributed by atoms with Crippen LogP contribution in [-0.4, -0.2) is 35.4 Å². The lowest BCUT2D eigenvalue weighted by atomic mass is 9.94. The number of rotatable bonds is 4. The predicted octanol–water partition coefficient (Wildman–Crippen LogP) is 1.86. The standard InChI is InChI=1S/C13H18N2O4/c1-10-6-11(8-12(7-10)15(17)18)14-9-13(16)2-4-19-5-3-13/h6-8,14,16H,2-5,9H2,1H3. The van der Waals surface area contributed by atoms with Gasteiger partial charge in [-0.25, -0.2) is 0 Å². The molecule has 1 aliphatic heterocycles. The van der Waals surface area contributed by atoms with Gasteiger partial charge in [0.25, 0.3) is 5.69 Å². The van der Waals surface area contributed by atoms with Gasteiger partial charge in [0.05, 0.1) is 10.5 Å². The number of hydrogen-bond acceptors (Lipinski definition) is 5. The molecule has 0 aromatic heterocycles. The molecule has 6 nitrogen and oxygen atoms in total. The molecule has 0 aliphatic carbocycles. The number of ether oxygens (including phenoxy) is 1. The van der Waals surface area contributed by atoms with Crippen LogP contribution < -0.4 is 5.32 Å². The number of aliphatic hydroxyl groups is 1. The summed E-state index contributed by atoms with van der Waals surface area (Å²) < 4.78 is 5.21. The first kappa shape index (κ1) is 13.8. The number of benzene rings is 1. The number of nitro groups is 1. The molecule has 0 radical (unpaired) electrons. The molecule has 0 amide bonds. The van der Waals surface area contributed by atoms with Gasteiger partial charge in [0.2, 0.25) is 0 Å². The summed E-state index contributed by atoms with van der Waals surface area (Å²) in [5.41, 5.74) is 0.736. The smallest absolute Gasteiger partial charge is 0.271 e. The number of nitrogens with zero attached hydrogens (tertiary/aromatic N) is 1. The highest BCUT2D eigenvalue weighted by Crippen LogP contribution is 2.24. The molecule has 0 atom stereocenters. The van der Waals surface area contributed by atoms with Crippen molar-refractivity contribution in [3.8, 4) is 0 Å². The number of nitrogens with one attached hydrogen (secondary N) is 1. The minimum absolute atomic E-state index is 0.0569. The molecule has 0 bridgehead atoms. The van der Waals surface area contributed by atoms with Crippen LogP contribution in [0.3, 0.4) is 0 Å². The number of non-ortho nitro benzene ring substituents is 1. The summed E-state index contributed by atoms with van der Waals surface area (Å²) in [6.45, 7) is 3.27. The Hall–Kier alpha value is -1.66. The first-order chi connectivity index (χ1) is 8.98. The Kier molecular flexibility index (Phi) is 4.01. The zero-order valence-electron chi connectivity index (χ0n) is 10.9. The number of nitro benzene ring substituents is 1. The molecule has 0 spiro atoms. The molecule has 1 aliphatic rings. The van der Waals surface area contributed by atoms with E-state index in [1.54, 1.807) is 6.92 Å². The summed E-state index contributed by atoms with van der Waals surface area (Å²) in [5.74, 6) is 0. The van der Waals surface area contributed by atoms with E-state index in [9.17, 15) is 15.2 Å². The van der Waals surface area contributed by atoms with Crippen molar-refractivity contribution in [3.05, 3.63) is 33.9 Å². The molecular weight excluding hydrogens is 248 g/mol.